The van der Waals surface area contributed by atoms with E-state index in [1.165, 1.54) is 17.8 Å². The first kappa shape index (κ1) is 43.2. The molecule has 0 saturated carbocycles. The molecule has 298 valence electrons. The quantitative estimate of drug-likeness (QED) is 0.0641. The molecule has 10 aromatic rings. The van der Waals surface area contributed by atoms with Gasteiger partial charge in [0.05, 0.1) is 96.9 Å². The van der Waals surface area contributed by atoms with Crippen molar-refractivity contribution in [2.75, 3.05) is 5.73 Å². The molecule has 0 saturated heterocycles. The Morgan fingerprint density at radius 2 is 0.983 bits per heavy atom. The van der Waals surface area contributed by atoms with Crippen LogP contribution in [0.5, 0.6) is 0 Å². The van der Waals surface area contributed by atoms with Gasteiger partial charge in [0.2, 0.25) is 0 Å². The number of nitrogen functional groups attached to an aromatic ring is 1. The van der Waals surface area contributed by atoms with Crippen molar-refractivity contribution in [1.29, 1.82) is 0 Å². The fraction of sp³-hybridized carbons (Fsp3) is 0.0244. The number of rotatable bonds is 4. The number of fused-ring (bicyclic) bond motifs is 4. The summed E-state index contributed by atoms with van der Waals surface area (Å²) in [4.78, 5) is 49.1. The molecule has 0 aliphatic carbocycles. The van der Waals surface area contributed by atoms with Gasteiger partial charge < -0.3 is 25.7 Å². The minimum atomic E-state index is -0.425. The van der Waals surface area contributed by atoms with Gasteiger partial charge >= 0.3 is 0 Å². The van der Waals surface area contributed by atoms with E-state index < -0.39 is 9.85 Å². The van der Waals surface area contributed by atoms with Crippen LogP contribution in [0.2, 0.25) is 0 Å². The third kappa shape index (κ3) is 10.1. The molecule has 15 nitrogen and oxygen atoms in total. The third-order valence-corrected chi connectivity index (χ3v) is 9.46. The van der Waals surface area contributed by atoms with Crippen molar-refractivity contribution in [2.24, 2.45) is 0 Å². The minimum absolute atomic E-state index is 0. The van der Waals surface area contributed by atoms with Gasteiger partial charge in [0.15, 0.2) is 0 Å². The number of benzene rings is 2. The maximum atomic E-state index is 10.9. The molecule has 59 heavy (non-hydrogen) atoms. The van der Waals surface area contributed by atoms with E-state index in [9.17, 15) is 20.2 Å². The van der Waals surface area contributed by atoms with Gasteiger partial charge in [-0.3, -0.25) is 30.2 Å². The van der Waals surface area contributed by atoms with Crippen LogP contribution in [0.25, 0.3) is 66.1 Å². The van der Waals surface area contributed by atoms with Crippen molar-refractivity contribution >= 4 is 105 Å². The molecule has 0 spiro atoms. The van der Waals surface area contributed by atoms with E-state index in [4.69, 9.17) is 5.73 Å². The van der Waals surface area contributed by atoms with Crippen molar-refractivity contribution in [3.05, 3.63) is 170 Å². The molecular weight excluding hydrogens is 906 g/mol. The summed E-state index contributed by atoms with van der Waals surface area (Å²) in [6.07, 6.45) is 13.2. The lowest BCUT2D eigenvalue weighted by Crippen LogP contribution is -1.87. The molecule has 0 aliphatic heterocycles. The summed E-state index contributed by atoms with van der Waals surface area (Å²) in [5, 5.41) is 24.8. The fourth-order valence-corrected chi connectivity index (χ4v) is 6.47. The van der Waals surface area contributed by atoms with Crippen LogP contribution in [0.4, 0.5) is 17.1 Å². The van der Waals surface area contributed by atoms with Crippen molar-refractivity contribution in [1.82, 2.24) is 39.9 Å². The first-order valence-electron chi connectivity index (χ1n) is 16.9. The van der Waals surface area contributed by atoms with Gasteiger partial charge in [0.1, 0.15) is 9.21 Å². The lowest BCUT2D eigenvalue weighted by molar-refractivity contribution is -0.383. The highest BCUT2D eigenvalue weighted by molar-refractivity contribution is 9.10. The highest BCUT2D eigenvalue weighted by atomic mass is 79.9. The molecule has 0 atom stereocenters. The van der Waals surface area contributed by atoms with Crippen molar-refractivity contribution in [3.8, 4) is 22.5 Å². The summed E-state index contributed by atoms with van der Waals surface area (Å²) < 4.78 is 1.46. The van der Waals surface area contributed by atoms with Crippen LogP contribution >= 0.6 is 44.3 Å². The van der Waals surface area contributed by atoms with Gasteiger partial charge in [-0.05, 0) is 62.2 Å². The summed E-state index contributed by atoms with van der Waals surface area (Å²) in [6.45, 7) is 0. The molecule has 0 unspecified atom stereocenters. The second kappa shape index (κ2) is 19.5. The Hall–Kier alpha value is -6.95. The van der Waals surface area contributed by atoms with Crippen molar-refractivity contribution in [2.45, 2.75) is 7.43 Å². The predicted molar refractivity (Wildman–Crippen MR) is 242 cm³/mol. The zero-order chi connectivity index (χ0) is 39.9. The van der Waals surface area contributed by atoms with Gasteiger partial charge in [-0.1, -0.05) is 68.1 Å². The molecule has 18 heteroatoms. The number of halogens is 3. The number of nitrogens with one attached hydrogen (secondary N) is 4. The van der Waals surface area contributed by atoms with E-state index in [2.05, 4.69) is 71.7 Å². The lowest BCUT2D eigenvalue weighted by Gasteiger charge is -2.00. The zero-order valence-electron chi connectivity index (χ0n) is 29.8. The standard InChI is InChI=1S/C13H9N3O2.C13H11N3.C7H4BrN3O2.C7H5BrN2.CH4.ClH/c17-16(18)13-8-15-12-7-14-11(6-10(12)13)9-4-2-1-3-5-9;14-11-7-15-13-8-16-12(6-10(11)13)9-4-2-1-3-5-9;8-7-1-4-5(2-10-7)9-3-6(4)11(12)13;8-7-3-5-1-2-9-6(5)4-10-7;;/h1-8,15H;1-8,15H,14H2;1-3,9H;1-4,9H;1H4;1H. The third-order valence-electron chi connectivity index (χ3n) is 8.59. The Bertz CT molecular complexity index is 2990. The Balaban J connectivity index is 0.000000151. The molecule has 10 rings (SSSR count). The highest BCUT2D eigenvalue weighted by Crippen LogP contribution is 2.29. The number of nitrogens with two attached hydrogens (primary N) is 1. The van der Waals surface area contributed by atoms with E-state index in [0.29, 0.717) is 26.4 Å². The van der Waals surface area contributed by atoms with Crippen LogP contribution in [0.3, 0.4) is 0 Å². The van der Waals surface area contributed by atoms with Gasteiger partial charge in [0.25, 0.3) is 11.4 Å². The van der Waals surface area contributed by atoms with E-state index in [-0.39, 0.29) is 31.2 Å². The molecule has 0 bridgehead atoms. The number of hydrogen-bond donors (Lipinski definition) is 5. The zero-order valence-corrected chi connectivity index (χ0v) is 33.8. The largest absolute Gasteiger partial charge is 0.397 e. The van der Waals surface area contributed by atoms with Crippen LogP contribution in [-0.2, 0) is 0 Å². The molecule has 2 aromatic carbocycles. The minimum Gasteiger partial charge on any atom is -0.397 e. The van der Waals surface area contributed by atoms with Crippen LogP contribution in [-0.4, -0.2) is 49.7 Å². The van der Waals surface area contributed by atoms with Crippen LogP contribution < -0.4 is 5.73 Å². The Kier molecular flexibility index (Phi) is 14.2. The fourth-order valence-electron chi connectivity index (χ4n) is 5.79. The molecule has 8 heterocycles. The highest BCUT2D eigenvalue weighted by Gasteiger charge is 2.15. The maximum Gasteiger partial charge on any atom is 0.294 e. The van der Waals surface area contributed by atoms with Gasteiger partial charge in [-0.2, -0.15) is 0 Å². The van der Waals surface area contributed by atoms with E-state index in [1.807, 2.05) is 91.3 Å². The SMILES string of the molecule is Brc1cc2cc[nH]c2cn1.C.Cl.Nc1c[nH]c2cnc(-c3ccccc3)cc12.O=[N+]([O-])c1c[nH]c2cnc(-c3ccccc3)cc12.O=[N+]([O-])c1c[nH]c2cnc(Br)cc12. The van der Waals surface area contributed by atoms with E-state index in [1.54, 1.807) is 36.9 Å². The maximum absolute atomic E-state index is 10.9. The smallest absolute Gasteiger partial charge is 0.294 e. The number of aromatic nitrogens is 8. The van der Waals surface area contributed by atoms with Gasteiger partial charge in [-0.25, -0.2) is 9.97 Å². The molecule has 8 aromatic heterocycles. The Morgan fingerprint density at radius 1 is 0.542 bits per heavy atom. The lowest BCUT2D eigenvalue weighted by atomic mass is 10.1. The first-order valence-corrected chi connectivity index (χ1v) is 18.5. The average Bonchev–Trinajstić information content (AvgIpc) is 4.05. The predicted octanol–water partition coefficient (Wildman–Crippen LogP) is 11.6. The molecular formula is C41H34Br2ClN11O4. The van der Waals surface area contributed by atoms with Crippen molar-refractivity contribution < 1.29 is 9.85 Å². The second-order valence-corrected chi connectivity index (χ2v) is 13.8. The topological polar surface area (TPSA) is 227 Å². The van der Waals surface area contributed by atoms with Crippen LogP contribution in [0.15, 0.2) is 150 Å². The number of nitro groups is 2. The number of hydrogen-bond acceptors (Lipinski definition) is 9. The average molecular weight is 940 g/mol. The Labute approximate surface area is 358 Å². The summed E-state index contributed by atoms with van der Waals surface area (Å²) in [6, 6.07) is 29.0. The monoisotopic (exact) mass is 937 g/mol. The normalized spacial score (nSPS) is 10.3. The van der Waals surface area contributed by atoms with Gasteiger partial charge in [0, 0.05) is 34.3 Å². The first-order chi connectivity index (χ1) is 27.6. The molecule has 0 aliphatic rings. The van der Waals surface area contributed by atoms with Crippen LogP contribution in [0.1, 0.15) is 7.43 Å². The number of pyridine rings is 4. The van der Waals surface area contributed by atoms with Crippen LogP contribution in [0, 0.1) is 20.2 Å². The van der Waals surface area contributed by atoms with E-state index >= 15 is 0 Å². The molecule has 0 amide bonds. The molecule has 6 N–H and O–H groups in total. The Morgan fingerprint density at radius 3 is 1.53 bits per heavy atom. The summed E-state index contributed by atoms with van der Waals surface area (Å²) in [7, 11) is 0. The van der Waals surface area contributed by atoms with E-state index in [0.717, 1.165) is 49.2 Å². The number of nitrogens with zero attached hydrogens (tertiary/aromatic N) is 6. The van der Waals surface area contributed by atoms with Gasteiger partial charge in [-0.15, -0.1) is 12.4 Å². The number of anilines is 1. The summed E-state index contributed by atoms with van der Waals surface area (Å²) in [5.74, 6) is 0. The molecule has 0 radical (unpaired) electrons. The number of H-pyrrole nitrogens is 4. The summed E-state index contributed by atoms with van der Waals surface area (Å²) in [5.41, 5.74) is 13.8. The number of aromatic amines is 4. The molecule has 0 fully saturated rings. The second-order valence-electron chi connectivity index (χ2n) is 12.2. The summed E-state index contributed by atoms with van der Waals surface area (Å²) >= 11 is 6.44. The van der Waals surface area contributed by atoms with Crippen molar-refractivity contribution in [3.63, 3.8) is 0 Å².